The van der Waals surface area contributed by atoms with Gasteiger partial charge < -0.3 is 19.6 Å². The number of aliphatic hydroxyl groups is 1. The van der Waals surface area contributed by atoms with E-state index in [1.165, 1.54) is 0 Å². The monoisotopic (exact) mass is 463 g/mol. The van der Waals surface area contributed by atoms with Crippen LogP contribution in [0.5, 0.6) is 5.88 Å². The summed E-state index contributed by atoms with van der Waals surface area (Å²) in [5.74, 6) is 5.89. The summed E-state index contributed by atoms with van der Waals surface area (Å²) >= 11 is 0. The number of aliphatic hydroxyl groups excluding tert-OH is 1. The van der Waals surface area contributed by atoms with Crippen molar-refractivity contribution in [1.29, 1.82) is 0 Å². The first-order chi connectivity index (χ1) is 16.3. The van der Waals surface area contributed by atoms with Gasteiger partial charge in [-0.1, -0.05) is 43.9 Å². The number of amides is 2. The number of benzene rings is 1. The van der Waals surface area contributed by atoms with Crippen molar-refractivity contribution in [3.05, 3.63) is 59.3 Å². The summed E-state index contributed by atoms with van der Waals surface area (Å²) in [4.78, 5) is 34.0. The maximum absolute atomic E-state index is 13.4. The van der Waals surface area contributed by atoms with E-state index < -0.39 is 6.10 Å². The summed E-state index contributed by atoms with van der Waals surface area (Å²) in [7, 11) is 1.74. The third-order valence-corrected chi connectivity index (χ3v) is 5.95. The Hall–Kier alpha value is -3.37. The highest BCUT2D eigenvalue weighted by molar-refractivity contribution is 5.97. The molecule has 0 radical (unpaired) electrons. The number of fused-ring (bicyclic) bond motifs is 1. The van der Waals surface area contributed by atoms with Crippen molar-refractivity contribution in [3.8, 4) is 17.7 Å². The van der Waals surface area contributed by atoms with E-state index >= 15 is 0 Å². The highest BCUT2D eigenvalue weighted by atomic mass is 16.5. The Kier molecular flexibility index (Phi) is 8.67. The van der Waals surface area contributed by atoms with Crippen molar-refractivity contribution < 1.29 is 19.4 Å². The van der Waals surface area contributed by atoms with Gasteiger partial charge in [-0.25, -0.2) is 4.98 Å². The third-order valence-electron chi connectivity index (χ3n) is 5.95. The third kappa shape index (κ3) is 5.95. The maximum atomic E-state index is 13.4. The Morgan fingerprint density at radius 2 is 2.09 bits per heavy atom. The first kappa shape index (κ1) is 25.3. The number of likely N-dealkylation sites (N-methyl/N-ethyl adjacent to an activating group) is 1. The molecule has 3 atom stereocenters. The maximum Gasteiger partial charge on any atom is 0.259 e. The molecule has 1 aliphatic rings. The second-order valence-electron chi connectivity index (χ2n) is 8.80. The predicted molar refractivity (Wildman–Crippen MR) is 131 cm³/mol. The van der Waals surface area contributed by atoms with Crippen LogP contribution in [0.2, 0.25) is 0 Å². The van der Waals surface area contributed by atoms with Crippen LogP contribution in [0.25, 0.3) is 0 Å². The van der Waals surface area contributed by atoms with Crippen molar-refractivity contribution >= 4 is 11.8 Å². The molecule has 2 amide bonds. The van der Waals surface area contributed by atoms with Gasteiger partial charge in [0.05, 0.1) is 19.2 Å². The molecular weight excluding hydrogens is 430 g/mol. The molecule has 1 aromatic carbocycles. The van der Waals surface area contributed by atoms with Gasteiger partial charge in [-0.15, -0.1) is 0 Å². The van der Waals surface area contributed by atoms with Gasteiger partial charge in [0, 0.05) is 43.3 Å². The molecule has 0 bridgehead atoms. The largest absolute Gasteiger partial charge is 0.472 e. The van der Waals surface area contributed by atoms with E-state index in [9.17, 15) is 14.7 Å². The van der Waals surface area contributed by atoms with Crippen molar-refractivity contribution in [2.45, 2.75) is 45.8 Å². The number of unbranched alkanes of at least 4 members (excludes halogenated alkanes) is 1. The van der Waals surface area contributed by atoms with Gasteiger partial charge in [0.2, 0.25) is 5.88 Å². The van der Waals surface area contributed by atoms with E-state index in [1.807, 2.05) is 32.0 Å². The summed E-state index contributed by atoms with van der Waals surface area (Å²) in [6.45, 7) is 6.39. The van der Waals surface area contributed by atoms with Gasteiger partial charge in [-0.3, -0.25) is 9.59 Å². The van der Waals surface area contributed by atoms with Crippen molar-refractivity contribution in [3.63, 3.8) is 0 Å². The average Bonchev–Trinajstić information content (AvgIpc) is 2.86. The molecule has 2 aromatic rings. The quantitative estimate of drug-likeness (QED) is 0.665. The van der Waals surface area contributed by atoms with Crippen molar-refractivity contribution in [1.82, 2.24) is 14.8 Å². The number of carbonyl (C=O) groups is 2. The van der Waals surface area contributed by atoms with E-state index in [-0.39, 0.29) is 36.3 Å². The molecule has 0 fully saturated rings. The highest BCUT2D eigenvalue weighted by Crippen LogP contribution is 2.27. The molecule has 7 nitrogen and oxygen atoms in total. The number of nitrogens with zero attached hydrogens (tertiary/aromatic N) is 3. The van der Waals surface area contributed by atoms with Gasteiger partial charge in [0.25, 0.3) is 11.8 Å². The summed E-state index contributed by atoms with van der Waals surface area (Å²) in [5.41, 5.74) is 1.56. The van der Waals surface area contributed by atoms with E-state index in [0.717, 1.165) is 12.8 Å². The molecule has 7 heteroatoms. The molecule has 1 aliphatic heterocycles. The molecule has 0 spiro atoms. The number of ether oxygens (including phenoxy) is 1. The molecule has 2 heterocycles. The fourth-order valence-corrected chi connectivity index (χ4v) is 3.83. The van der Waals surface area contributed by atoms with Gasteiger partial charge in [-0.05, 0) is 31.5 Å². The molecule has 0 aliphatic carbocycles. The van der Waals surface area contributed by atoms with E-state index in [1.54, 1.807) is 41.2 Å². The lowest BCUT2D eigenvalue weighted by Gasteiger charge is -2.37. The van der Waals surface area contributed by atoms with Crippen LogP contribution in [0.3, 0.4) is 0 Å². The van der Waals surface area contributed by atoms with Gasteiger partial charge >= 0.3 is 0 Å². The smallest absolute Gasteiger partial charge is 0.259 e. The Morgan fingerprint density at radius 1 is 1.35 bits per heavy atom. The minimum absolute atomic E-state index is 0.107. The molecule has 1 aromatic heterocycles. The minimum Gasteiger partial charge on any atom is -0.472 e. The average molecular weight is 464 g/mol. The molecule has 0 unspecified atom stereocenters. The zero-order valence-electron chi connectivity index (χ0n) is 20.3. The van der Waals surface area contributed by atoms with Gasteiger partial charge in [-0.2, -0.15) is 0 Å². The molecule has 180 valence electrons. The highest BCUT2D eigenvalue weighted by Gasteiger charge is 2.34. The Labute approximate surface area is 201 Å². The molecule has 0 saturated carbocycles. The van der Waals surface area contributed by atoms with Crippen LogP contribution in [0.4, 0.5) is 0 Å². The molecule has 0 saturated heterocycles. The van der Waals surface area contributed by atoms with E-state index in [0.29, 0.717) is 29.8 Å². The lowest BCUT2D eigenvalue weighted by atomic mass is 9.99. The predicted octanol–water partition coefficient (Wildman–Crippen LogP) is 3.23. The number of carbonyl (C=O) groups excluding carboxylic acids is 2. The van der Waals surface area contributed by atoms with E-state index in [4.69, 9.17) is 4.74 Å². The van der Waals surface area contributed by atoms with Crippen LogP contribution in [-0.2, 0) is 0 Å². The topological polar surface area (TPSA) is 83.0 Å². The zero-order valence-corrected chi connectivity index (χ0v) is 20.3. The number of pyridine rings is 1. The zero-order chi connectivity index (χ0) is 24.7. The van der Waals surface area contributed by atoms with Crippen molar-refractivity contribution in [2.75, 3.05) is 26.7 Å². The van der Waals surface area contributed by atoms with Crippen LogP contribution in [0.15, 0.2) is 42.6 Å². The summed E-state index contributed by atoms with van der Waals surface area (Å²) < 4.78 is 6.26. The number of aromatic nitrogens is 1. The standard InChI is InChI=1S/C27H33N3O4/c1-5-6-8-11-21-14-23-25(28-15-21)34-24(19(2)16-30(27(23)33)20(3)18-31)17-29(4)26(32)22-12-9-7-10-13-22/h7,9-10,12-15,19-20,24,31H,5-6,16-18H2,1-4H3/t19-,20+,24-/m1/s1. The minimum atomic E-state index is -0.401. The fourth-order valence-electron chi connectivity index (χ4n) is 3.83. The second-order valence-corrected chi connectivity index (χ2v) is 8.80. The van der Waals surface area contributed by atoms with Crippen LogP contribution in [0.1, 0.15) is 59.9 Å². The Bertz CT molecular complexity index is 1060. The number of rotatable bonds is 6. The Morgan fingerprint density at radius 3 is 2.76 bits per heavy atom. The Balaban J connectivity index is 1.93. The lowest BCUT2D eigenvalue weighted by Crippen LogP contribution is -2.50. The first-order valence-corrected chi connectivity index (χ1v) is 11.7. The lowest BCUT2D eigenvalue weighted by molar-refractivity contribution is 0.0313. The molecule has 34 heavy (non-hydrogen) atoms. The second kappa shape index (κ2) is 11.7. The fraction of sp³-hybridized carbons (Fsp3) is 0.444. The normalized spacial score (nSPS) is 18.5. The van der Waals surface area contributed by atoms with Crippen molar-refractivity contribution in [2.24, 2.45) is 5.92 Å². The van der Waals surface area contributed by atoms with Gasteiger partial charge in [0.15, 0.2) is 0 Å². The summed E-state index contributed by atoms with van der Waals surface area (Å²) in [6, 6.07) is 10.4. The molecule has 3 rings (SSSR count). The van der Waals surface area contributed by atoms with E-state index in [2.05, 4.69) is 23.7 Å². The molecular formula is C27H33N3O4. The van der Waals surface area contributed by atoms with Crippen LogP contribution >= 0.6 is 0 Å². The van der Waals surface area contributed by atoms with Crippen LogP contribution in [0, 0.1) is 17.8 Å². The SMILES string of the molecule is CCCC#Cc1cnc2c(c1)C(=O)N([C@@H](C)CO)C[C@@H](C)[C@@H](CN(C)C(=O)c1ccccc1)O2. The number of hydrogen-bond acceptors (Lipinski definition) is 5. The summed E-state index contributed by atoms with van der Waals surface area (Å²) in [6.07, 6.45) is 2.92. The van der Waals surface area contributed by atoms with Crippen LogP contribution < -0.4 is 4.74 Å². The summed E-state index contributed by atoms with van der Waals surface area (Å²) in [5, 5.41) is 9.79. The van der Waals surface area contributed by atoms with Gasteiger partial charge in [0.1, 0.15) is 11.7 Å². The number of hydrogen-bond donors (Lipinski definition) is 1. The molecule has 1 N–H and O–H groups in total. The van der Waals surface area contributed by atoms with Crippen LogP contribution in [-0.4, -0.2) is 70.6 Å². The first-order valence-electron chi connectivity index (χ1n) is 11.7.